The molecule has 1 atom stereocenters. The van der Waals surface area contributed by atoms with Gasteiger partial charge in [0.15, 0.2) is 0 Å². The zero-order chi connectivity index (χ0) is 30.2. The molecule has 5 rings (SSSR count). The molecule has 42 heavy (non-hydrogen) atoms. The van der Waals surface area contributed by atoms with Crippen molar-refractivity contribution in [2.24, 2.45) is 0 Å². The molecule has 1 fully saturated rings. The van der Waals surface area contributed by atoms with Crippen LogP contribution in [0.1, 0.15) is 64.7 Å². The fourth-order valence-electron chi connectivity index (χ4n) is 6.82. The summed E-state index contributed by atoms with van der Waals surface area (Å²) in [7, 11) is 1.85. The fraction of sp³-hybridized carbons (Fsp3) is 0.412. The van der Waals surface area contributed by atoms with Gasteiger partial charge >= 0.3 is 0 Å². The summed E-state index contributed by atoms with van der Waals surface area (Å²) in [4.78, 5) is 31.7. The number of carbonyl (C=O) groups excluding carboxylic acids is 2. The Morgan fingerprint density at radius 2 is 1.69 bits per heavy atom. The second-order valence-electron chi connectivity index (χ2n) is 12.1. The van der Waals surface area contributed by atoms with Crippen molar-refractivity contribution in [2.75, 3.05) is 44.7 Å². The summed E-state index contributed by atoms with van der Waals surface area (Å²) < 4.78 is 15.1. The number of halogens is 3. The van der Waals surface area contributed by atoms with E-state index in [1.807, 2.05) is 57.3 Å². The van der Waals surface area contributed by atoms with Gasteiger partial charge in [0, 0.05) is 49.5 Å². The molecule has 3 aromatic carbocycles. The number of fused-ring (bicyclic) bond motifs is 2. The predicted octanol–water partition coefficient (Wildman–Crippen LogP) is 7.40. The fourth-order valence-corrected chi connectivity index (χ4v) is 7.13. The van der Waals surface area contributed by atoms with Gasteiger partial charge < -0.3 is 14.7 Å². The molecule has 2 aliphatic rings. The first kappa shape index (κ1) is 30.5. The maximum Gasteiger partial charge on any atom is 0.253 e. The van der Waals surface area contributed by atoms with E-state index in [1.54, 1.807) is 22.8 Å². The SMILES string of the molecule is CC(=O)N1CC2(CCN(CCC(CN(C)C(=O)c3cc(C)cc(C)c3)c3ccc(Cl)c(Cl)c3)CC2)c2c(F)cccc21. The number of nitrogens with zero attached hydrogens (tertiary/aromatic N) is 3. The molecule has 2 amide bonds. The predicted molar refractivity (Wildman–Crippen MR) is 168 cm³/mol. The number of hydrogen-bond donors (Lipinski definition) is 0. The molecule has 0 N–H and O–H groups in total. The van der Waals surface area contributed by atoms with Crippen molar-refractivity contribution in [1.82, 2.24) is 9.80 Å². The normalized spacial score (nSPS) is 16.9. The Bertz CT molecular complexity index is 1480. The van der Waals surface area contributed by atoms with E-state index in [2.05, 4.69) is 11.0 Å². The van der Waals surface area contributed by atoms with Crippen molar-refractivity contribution in [3.8, 4) is 0 Å². The van der Waals surface area contributed by atoms with Crippen LogP contribution in [-0.2, 0) is 10.2 Å². The number of likely N-dealkylation sites (tertiary alicyclic amines) is 1. The highest BCUT2D eigenvalue weighted by atomic mass is 35.5. The first-order valence-electron chi connectivity index (χ1n) is 14.6. The van der Waals surface area contributed by atoms with E-state index in [4.69, 9.17) is 23.2 Å². The van der Waals surface area contributed by atoms with Gasteiger partial charge in [-0.1, -0.05) is 52.5 Å². The minimum absolute atomic E-state index is 0.0104. The van der Waals surface area contributed by atoms with Crippen LogP contribution in [-0.4, -0.2) is 61.4 Å². The van der Waals surface area contributed by atoms with E-state index in [0.29, 0.717) is 39.9 Å². The highest BCUT2D eigenvalue weighted by molar-refractivity contribution is 6.42. The van der Waals surface area contributed by atoms with E-state index < -0.39 is 0 Å². The molecule has 3 aromatic rings. The minimum Gasteiger partial charge on any atom is -0.341 e. The van der Waals surface area contributed by atoms with Crippen LogP contribution in [0.2, 0.25) is 10.0 Å². The lowest BCUT2D eigenvalue weighted by molar-refractivity contribution is -0.116. The van der Waals surface area contributed by atoms with E-state index in [-0.39, 0.29) is 29.0 Å². The lowest BCUT2D eigenvalue weighted by Gasteiger charge is -2.40. The molecule has 1 unspecified atom stereocenters. The number of piperidine rings is 1. The number of hydrogen-bond acceptors (Lipinski definition) is 3. The van der Waals surface area contributed by atoms with Gasteiger partial charge in [0.2, 0.25) is 5.91 Å². The number of amides is 2. The summed E-state index contributed by atoms with van der Waals surface area (Å²) >= 11 is 12.6. The van der Waals surface area contributed by atoms with Crippen molar-refractivity contribution in [3.63, 3.8) is 0 Å². The molecule has 222 valence electrons. The molecular formula is C34H38Cl2FN3O2. The summed E-state index contributed by atoms with van der Waals surface area (Å²) in [6.07, 6.45) is 2.39. The standard InChI is InChI=1S/C34H38Cl2FN3O2/c1-22-16-23(2)18-27(17-22)33(42)38(4)20-26(25-8-9-28(35)29(36)19-25)10-13-39-14-11-34(12-15-39)21-40(24(3)41)31-7-5-6-30(37)32(31)34/h5-9,16-19,26H,10-15,20-21H2,1-4H3. The second kappa shape index (κ2) is 12.4. The van der Waals surface area contributed by atoms with Crippen LogP contribution in [0.25, 0.3) is 0 Å². The van der Waals surface area contributed by atoms with Crippen LogP contribution >= 0.6 is 23.2 Å². The molecule has 0 aliphatic carbocycles. The van der Waals surface area contributed by atoms with Crippen molar-refractivity contribution in [3.05, 3.63) is 98.3 Å². The van der Waals surface area contributed by atoms with Crippen molar-refractivity contribution >= 4 is 40.7 Å². The van der Waals surface area contributed by atoms with Crippen molar-refractivity contribution in [1.29, 1.82) is 0 Å². The van der Waals surface area contributed by atoms with E-state index in [9.17, 15) is 9.59 Å². The molecule has 1 saturated heterocycles. The number of benzene rings is 3. The number of anilines is 1. The number of likely N-dealkylation sites (N-methyl/N-ethyl adjacent to an activating group) is 1. The molecule has 0 aromatic heterocycles. The third-order valence-corrected chi connectivity index (χ3v) is 9.72. The molecule has 0 saturated carbocycles. The van der Waals surface area contributed by atoms with Gasteiger partial charge in [-0.25, -0.2) is 4.39 Å². The first-order chi connectivity index (χ1) is 20.0. The summed E-state index contributed by atoms with van der Waals surface area (Å²) in [6, 6.07) is 16.7. The number of aryl methyl sites for hydroxylation is 2. The minimum atomic E-state index is -0.357. The van der Waals surface area contributed by atoms with Crippen LogP contribution < -0.4 is 4.90 Å². The van der Waals surface area contributed by atoms with Gasteiger partial charge in [-0.2, -0.15) is 0 Å². The average molecular weight is 611 g/mol. The zero-order valence-electron chi connectivity index (χ0n) is 24.7. The summed E-state index contributed by atoms with van der Waals surface area (Å²) in [5.41, 5.74) is 4.91. The molecule has 1 spiro atoms. The maximum atomic E-state index is 15.1. The molecule has 8 heteroatoms. The zero-order valence-corrected chi connectivity index (χ0v) is 26.2. The lowest BCUT2D eigenvalue weighted by Crippen LogP contribution is -2.46. The van der Waals surface area contributed by atoms with Crippen LogP contribution in [0, 0.1) is 19.7 Å². The Labute approximate surface area is 258 Å². The largest absolute Gasteiger partial charge is 0.341 e. The van der Waals surface area contributed by atoms with Gasteiger partial charge in [-0.3, -0.25) is 9.59 Å². The van der Waals surface area contributed by atoms with Crippen molar-refractivity contribution in [2.45, 2.75) is 51.4 Å². The maximum absolute atomic E-state index is 15.1. The Morgan fingerprint density at radius 1 is 1.00 bits per heavy atom. The average Bonchev–Trinajstić information content (AvgIpc) is 3.27. The topological polar surface area (TPSA) is 43.9 Å². The summed E-state index contributed by atoms with van der Waals surface area (Å²) in [5, 5.41) is 1.00. The summed E-state index contributed by atoms with van der Waals surface area (Å²) in [5.74, 6) is -0.233. The van der Waals surface area contributed by atoms with Gasteiger partial charge in [0.25, 0.3) is 5.91 Å². The summed E-state index contributed by atoms with van der Waals surface area (Å²) in [6.45, 7) is 9.07. The monoisotopic (exact) mass is 609 g/mol. The van der Waals surface area contributed by atoms with Crippen LogP contribution in [0.15, 0.2) is 54.6 Å². The van der Waals surface area contributed by atoms with Gasteiger partial charge in [-0.15, -0.1) is 0 Å². The lowest BCUT2D eigenvalue weighted by atomic mass is 9.74. The third kappa shape index (κ3) is 6.22. The molecule has 0 radical (unpaired) electrons. The quantitative estimate of drug-likeness (QED) is 0.280. The second-order valence-corrected chi connectivity index (χ2v) is 12.9. The molecular weight excluding hydrogens is 572 g/mol. The Morgan fingerprint density at radius 3 is 2.33 bits per heavy atom. The number of carbonyl (C=O) groups is 2. The molecule has 0 bridgehead atoms. The first-order valence-corrected chi connectivity index (χ1v) is 15.3. The highest BCUT2D eigenvalue weighted by Gasteiger charge is 2.47. The van der Waals surface area contributed by atoms with Crippen LogP contribution in [0.3, 0.4) is 0 Å². The van der Waals surface area contributed by atoms with Gasteiger partial charge in [-0.05, 0) is 94.7 Å². The van der Waals surface area contributed by atoms with Crippen LogP contribution in [0.4, 0.5) is 10.1 Å². The Balaban J connectivity index is 1.29. The van der Waals surface area contributed by atoms with Gasteiger partial charge in [0.1, 0.15) is 5.82 Å². The molecule has 2 heterocycles. The number of rotatable bonds is 7. The Kier molecular flexibility index (Phi) is 8.98. The Hall–Kier alpha value is -2.93. The van der Waals surface area contributed by atoms with Gasteiger partial charge in [0.05, 0.1) is 15.7 Å². The van der Waals surface area contributed by atoms with E-state index in [0.717, 1.165) is 55.6 Å². The third-order valence-electron chi connectivity index (χ3n) is 8.99. The van der Waals surface area contributed by atoms with E-state index >= 15 is 4.39 Å². The van der Waals surface area contributed by atoms with Crippen molar-refractivity contribution < 1.29 is 14.0 Å². The van der Waals surface area contributed by atoms with E-state index in [1.165, 1.54) is 6.07 Å². The van der Waals surface area contributed by atoms with Crippen LogP contribution in [0.5, 0.6) is 0 Å². The molecule has 2 aliphatic heterocycles. The smallest absolute Gasteiger partial charge is 0.253 e. The molecule has 5 nitrogen and oxygen atoms in total. The highest BCUT2D eigenvalue weighted by Crippen LogP contribution is 2.48.